The molecule has 31 atom stereocenters. The maximum atomic E-state index is 14.5. The van der Waals surface area contributed by atoms with Crippen LogP contribution in [0.15, 0.2) is 23.8 Å². The lowest BCUT2D eigenvalue weighted by Crippen LogP contribution is -2.68. The number of fused-ring (bicyclic) bond motifs is 4. The van der Waals surface area contributed by atoms with Crippen LogP contribution in [-0.4, -0.2) is 277 Å². The van der Waals surface area contributed by atoms with Crippen molar-refractivity contribution in [1.29, 1.82) is 0 Å². The van der Waals surface area contributed by atoms with Crippen LogP contribution in [0.2, 0.25) is 0 Å². The van der Waals surface area contributed by atoms with E-state index in [2.05, 4.69) is 55.6 Å². The number of esters is 1. The fourth-order valence-corrected chi connectivity index (χ4v) is 18.8. The lowest BCUT2D eigenvalue weighted by atomic mass is 9.41. The molecule has 0 unspecified atom stereocenters. The molecule has 10 rings (SSSR count). The van der Waals surface area contributed by atoms with E-state index in [-0.39, 0.29) is 29.1 Å². The predicted molar refractivity (Wildman–Crippen MR) is 318 cm³/mol. The molecule has 1 spiro atoms. The second kappa shape index (κ2) is 28.4. The zero-order valence-corrected chi connectivity index (χ0v) is 56.8. The number of methoxy groups -OCH3 is 1. The van der Waals surface area contributed by atoms with E-state index in [4.69, 9.17) is 61.0 Å². The van der Waals surface area contributed by atoms with Gasteiger partial charge in [-0.15, -0.1) is 6.58 Å². The van der Waals surface area contributed by atoms with Crippen LogP contribution in [0.5, 0.6) is 0 Å². The Bertz CT molecular complexity index is 3160. The summed E-state index contributed by atoms with van der Waals surface area (Å²) < 4.78 is 186. The van der Waals surface area contributed by atoms with E-state index in [0.717, 1.165) is 51.2 Å². The van der Waals surface area contributed by atoms with Gasteiger partial charge >= 0.3 is 37.2 Å². The van der Waals surface area contributed by atoms with Crippen molar-refractivity contribution >= 4 is 37.2 Å². The van der Waals surface area contributed by atoms with E-state index >= 15 is 0 Å². The summed E-state index contributed by atoms with van der Waals surface area (Å²) in [7, 11) is -14.8. The number of carbonyl (C=O) groups is 1. The van der Waals surface area contributed by atoms with Gasteiger partial charge in [-0.3, -0.25) is 18.5 Å². The fraction of sp³-hybridized carbons (Fsp3) is 0.915. The maximum Gasteiger partial charge on any atom is 0.397 e. The SMILES string of the molecule is C=C(C)CCC[C@]1(C)OC(=O)[C@]23CC[C@H]4C(=CC[C@H]5C(C)(C)[C@@H](O[C@@H]6OC[C@@H](OS(=O)(=O)O)[C@H](O)[C@H]6O[C@@H]6O[C@H](C)[C@@H](O[C@@H]7O[C@H](COS(=O)(=O)O)[C@@H](O)[C@H](O[C@@H]8O[C@H](COS(=O)(=O)O)[C@@H](O)[C@H](OC)[C@H]8O)[C@H]7O)[C@H](O)[C@H]6O[C@@H]6OC[C@@H](O)[C@H](O)[C@H]6O)CC[C@]45C)[C@]2(C)CC[C@@H]31. The van der Waals surface area contributed by atoms with Gasteiger partial charge < -0.3 is 103 Å². The van der Waals surface area contributed by atoms with Crippen molar-refractivity contribution < 1.29 is 159 Å². The first-order valence-electron chi connectivity index (χ1n) is 32.2. The highest BCUT2D eigenvalue weighted by molar-refractivity contribution is 7.81. The summed E-state index contributed by atoms with van der Waals surface area (Å²) in [6, 6.07) is 0. The monoisotopic (exact) mass is 1440 g/mol. The van der Waals surface area contributed by atoms with Gasteiger partial charge in [0, 0.05) is 18.4 Å². The number of hydrogen-bond donors (Lipinski definition) is 12. The van der Waals surface area contributed by atoms with E-state index in [9.17, 15) is 89.7 Å². The summed E-state index contributed by atoms with van der Waals surface area (Å²) in [6.07, 6.45) is -36.7. The van der Waals surface area contributed by atoms with Crippen molar-refractivity contribution in [1.82, 2.24) is 0 Å². The van der Waals surface area contributed by atoms with Crippen LogP contribution >= 0.6 is 0 Å². The average Bonchev–Trinajstić information content (AvgIpc) is 1.47. The third-order valence-corrected chi connectivity index (χ3v) is 23.9. The van der Waals surface area contributed by atoms with Gasteiger partial charge in [0.25, 0.3) is 0 Å². The van der Waals surface area contributed by atoms with E-state index in [0.29, 0.717) is 25.7 Å². The molecule has 6 heterocycles. The summed E-state index contributed by atoms with van der Waals surface area (Å²) in [5.74, 6) is -0.0410. The van der Waals surface area contributed by atoms with Gasteiger partial charge in [0.2, 0.25) is 0 Å². The van der Waals surface area contributed by atoms with Crippen LogP contribution in [-0.2, 0) is 105 Å². The van der Waals surface area contributed by atoms with Gasteiger partial charge in [-0.25, -0.2) is 12.5 Å². The molecule has 9 fully saturated rings. The van der Waals surface area contributed by atoms with E-state index in [1.54, 1.807) is 0 Å². The van der Waals surface area contributed by atoms with Gasteiger partial charge in [-0.1, -0.05) is 44.9 Å². The molecule has 3 saturated carbocycles. The molecule has 0 aromatic rings. The molecule has 4 aliphatic carbocycles. The van der Waals surface area contributed by atoms with E-state index in [1.165, 1.54) is 12.5 Å². The lowest BCUT2D eigenvalue weighted by molar-refractivity contribution is -0.403. The highest BCUT2D eigenvalue weighted by Gasteiger charge is 2.76. The Morgan fingerprint density at radius 1 is 0.604 bits per heavy atom. The second-order valence-electron chi connectivity index (χ2n) is 28.7. The summed E-state index contributed by atoms with van der Waals surface area (Å²) in [6.45, 7) is 14.3. The van der Waals surface area contributed by atoms with Crippen LogP contribution < -0.4 is 0 Å². The third-order valence-electron chi connectivity index (χ3n) is 22.5. The predicted octanol–water partition coefficient (Wildman–Crippen LogP) is -1.44. The minimum Gasteiger partial charge on any atom is -0.459 e. The molecule has 10 aliphatic rings. The largest absolute Gasteiger partial charge is 0.459 e. The molecule has 0 amide bonds. The van der Waals surface area contributed by atoms with Crippen LogP contribution in [0, 0.1) is 39.4 Å². The zero-order chi connectivity index (χ0) is 70.5. The molecule has 552 valence electrons. The minimum absolute atomic E-state index is 0.0451. The van der Waals surface area contributed by atoms with E-state index in [1.807, 2.05) is 6.92 Å². The Kier molecular flexibility index (Phi) is 22.6. The molecule has 34 nitrogen and oxygen atoms in total. The molecular formula is C59H94O34S3. The molecular weight excluding hydrogens is 1350 g/mol. The van der Waals surface area contributed by atoms with Crippen LogP contribution in [0.3, 0.4) is 0 Å². The standard InChI is InChI=1S/C59H94O34S3/c1-25(2)11-10-17-58(8)34-15-19-57(7)28-12-13-33-55(4,5)35(16-18-56(33,6)27(28)14-20-59(34,57)54(69)92-58)87-52-47(39(64)32(22-81-52)93-96(76,77)78)91-53-48(90-49-40(65)36(61)29(60)21-80-49)41(66)44(26(3)84-53)88-51-43(68)46(38(63)31(86-51)24-83-95(73,74)75)89-50-42(67)45(79-9)37(62)30(85-50)23-82-94(70,71)72/h12,26-27,29-53,60-68H,1,10-11,13-24H2,2-9H3,(H,70,71,72)(H,73,74,75)(H,76,77,78)/t26-,27+,29-,30-,31-,32-,33+,34-,35+,36+,37-,38-,39+,40-,41+,42-,43-,44-,45+,46+,47-,48-,49+,50+,51+,52+,53+,56-,57+,58+,59-/m1/s1. The second-order valence-corrected chi connectivity index (χ2v) is 31.9. The summed E-state index contributed by atoms with van der Waals surface area (Å²) in [5, 5.41) is 103. The van der Waals surface area contributed by atoms with Crippen LogP contribution in [0.4, 0.5) is 0 Å². The third kappa shape index (κ3) is 14.7. The summed E-state index contributed by atoms with van der Waals surface area (Å²) >= 11 is 0. The number of rotatable bonds is 23. The van der Waals surface area contributed by atoms with Crippen molar-refractivity contribution in [2.45, 2.75) is 266 Å². The topological polar surface area (TPSA) is 501 Å². The molecule has 0 radical (unpaired) electrons. The summed E-state index contributed by atoms with van der Waals surface area (Å²) in [5.41, 5.74) is -0.396. The molecule has 0 bridgehead atoms. The fourth-order valence-electron chi connectivity index (χ4n) is 17.7. The minimum atomic E-state index is -5.32. The molecule has 96 heavy (non-hydrogen) atoms. The van der Waals surface area contributed by atoms with Gasteiger partial charge in [-0.2, -0.15) is 25.3 Å². The number of hydrogen-bond acceptors (Lipinski definition) is 31. The van der Waals surface area contributed by atoms with Crippen molar-refractivity contribution in [3.8, 4) is 0 Å². The number of aliphatic hydroxyl groups is 9. The zero-order valence-electron chi connectivity index (χ0n) is 54.3. The van der Waals surface area contributed by atoms with E-state index < -0.39 is 227 Å². The Morgan fingerprint density at radius 3 is 1.78 bits per heavy atom. The Morgan fingerprint density at radius 2 is 1.18 bits per heavy atom. The number of aliphatic hydroxyl groups excluding tert-OH is 9. The molecule has 12 N–H and O–H groups in total. The molecule has 0 aromatic carbocycles. The van der Waals surface area contributed by atoms with Crippen molar-refractivity contribution in [3.05, 3.63) is 23.8 Å². The summed E-state index contributed by atoms with van der Waals surface area (Å²) in [4.78, 5) is 14.5. The smallest absolute Gasteiger partial charge is 0.397 e. The molecule has 0 aromatic heterocycles. The average molecular weight is 1440 g/mol. The van der Waals surface area contributed by atoms with Crippen molar-refractivity contribution in [3.63, 3.8) is 0 Å². The Labute approximate surface area is 556 Å². The number of ether oxygens (including phenoxy) is 12. The highest BCUT2D eigenvalue weighted by atomic mass is 32.3. The number of cyclic esters (lactones) is 1. The first-order chi connectivity index (χ1) is 44.6. The number of allylic oxidation sites excluding steroid dienone is 3. The number of carbonyl (C=O) groups excluding carboxylic acids is 1. The Balaban J connectivity index is 0.917. The van der Waals surface area contributed by atoms with Crippen molar-refractivity contribution in [2.24, 2.45) is 39.4 Å². The highest BCUT2D eigenvalue weighted by Crippen LogP contribution is 2.76. The first kappa shape index (κ1) is 76.4. The molecule has 6 saturated heterocycles. The van der Waals surface area contributed by atoms with Crippen LogP contribution in [0.25, 0.3) is 0 Å². The van der Waals surface area contributed by atoms with Crippen molar-refractivity contribution in [2.75, 3.05) is 33.5 Å². The molecule has 6 aliphatic heterocycles. The molecule has 37 heteroatoms. The van der Waals surface area contributed by atoms with Crippen LogP contribution in [0.1, 0.15) is 113 Å². The van der Waals surface area contributed by atoms with Gasteiger partial charge in [0.15, 0.2) is 31.5 Å². The lowest BCUT2D eigenvalue weighted by Gasteiger charge is -2.64. The maximum absolute atomic E-state index is 14.5. The first-order valence-corrected chi connectivity index (χ1v) is 36.3. The van der Waals surface area contributed by atoms with Gasteiger partial charge in [0.05, 0.1) is 44.1 Å². The normalized spacial score (nSPS) is 48.2. The Hall–Kier alpha value is -2.24. The van der Waals surface area contributed by atoms with Gasteiger partial charge in [-0.05, 0) is 108 Å². The quantitative estimate of drug-likeness (QED) is 0.0317. The van der Waals surface area contributed by atoms with Gasteiger partial charge in [0.1, 0.15) is 109 Å².